The minimum atomic E-state index is 0.832. The van der Waals surface area contributed by atoms with Crippen LogP contribution in [0.15, 0.2) is 78.0 Å². The van der Waals surface area contributed by atoms with E-state index >= 15 is 0 Å². The monoisotopic (exact) mass is 414 g/mol. The molecule has 2 aromatic carbocycles. The number of rotatable bonds is 5. The van der Waals surface area contributed by atoms with Gasteiger partial charge in [0.15, 0.2) is 0 Å². The topological polar surface area (TPSA) is 24.8 Å². The Morgan fingerprint density at radius 2 is 1.52 bits per heavy atom. The van der Waals surface area contributed by atoms with Crippen molar-refractivity contribution in [2.45, 2.75) is 34.2 Å². The standard InChI is InChI=1S/C26H28N2O.C2H6/c1-4-5-21(2)27-22(3)26-14-12-24(13-15-26)7-6-23-8-10-25(11-9-23)20-28-16-18-29-19-17-28;1-2/h4-5,8-15H,1,16-20H2,2-3H3;1-2H3/b21-5+,27-22?;. The second-order valence-corrected chi connectivity index (χ2v) is 7.15. The van der Waals surface area contributed by atoms with Gasteiger partial charge in [-0.05, 0) is 55.3 Å². The van der Waals surface area contributed by atoms with E-state index < -0.39 is 0 Å². The third-order valence-corrected chi connectivity index (χ3v) is 4.82. The summed E-state index contributed by atoms with van der Waals surface area (Å²) in [5.74, 6) is 6.50. The summed E-state index contributed by atoms with van der Waals surface area (Å²) in [6.07, 6.45) is 3.65. The van der Waals surface area contributed by atoms with Crippen LogP contribution in [0, 0.1) is 11.8 Å². The fourth-order valence-corrected chi connectivity index (χ4v) is 3.19. The van der Waals surface area contributed by atoms with Gasteiger partial charge in [-0.3, -0.25) is 9.89 Å². The van der Waals surface area contributed by atoms with Gasteiger partial charge in [0.1, 0.15) is 0 Å². The fraction of sp³-hybridized carbons (Fsp3) is 0.321. The van der Waals surface area contributed by atoms with Crippen molar-refractivity contribution in [3.63, 3.8) is 0 Å². The van der Waals surface area contributed by atoms with E-state index in [0.717, 1.165) is 60.9 Å². The Balaban J connectivity index is 0.00000166. The van der Waals surface area contributed by atoms with Crippen molar-refractivity contribution >= 4 is 5.71 Å². The molecule has 0 aliphatic carbocycles. The maximum absolute atomic E-state index is 5.40. The lowest BCUT2D eigenvalue weighted by Crippen LogP contribution is -2.35. The van der Waals surface area contributed by atoms with Gasteiger partial charge in [0.2, 0.25) is 0 Å². The minimum Gasteiger partial charge on any atom is -0.379 e. The smallest absolute Gasteiger partial charge is 0.0594 e. The van der Waals surface area contributed by atoms with Crippen LogP contribution >= 0.6 is 0 Å². The number of ether oxygens (including phenoxy) is 1. The van der Waals surface area contributed by atoms with Crippen molar-refractivity contribution in [1.82, 2.24) is 4.90 Å². The van der Waals surface area contributed by atoms with Crippen molar-refractivity contribution in [1.29, 1.82) is 0 Å². The molecule has 1 fully saturated rings. The third-order valence-electron chi connectivity index (χ3n) is 4.82. The quantitative estimate of drug-likeness (QED) is 0.349. The van der Waals surface area contributed by atoms with Crippen molar-refractivity contribution in [3.8, 4) is 11.8 Å². The van der Waals surface area contributed by atoms with Gasteiger partial charge in [-0.25, -0.2) is 0 Å². The lowest BCUT2D eigenvalue weighted by molar-refractivity contribution is 0.0342. The molecule has 1 aliphatic heterocycles. The van der Waals surface area contributed by atoms with Crippen molar-refractivity contribution in [2.75, 3.05) is 26.3 Å². The first kappa shape index (κ1) is 24.3. The Kier molecular flexibility index (Phi) is 10.5. The molecule has 0 radical (unpaired) electrons. The number of morpholine rings is 1. The molecular weight excluding hydrogens is 380 g/mol. The van der Waals surface area contributed by atoms with Gasteiger partial charge in [-0.1, -0.05) is 62.6 Å². The van der Waals surface area contributed by atoms with Crippen LogP contribution in [0.1, 0.15) is 49.9 Å². The zero-order chi connectivity index (χ0) is 22.5. The van der Waals surface area contributed by atoms with E-state index in [2.05, 4.69) is 64.7 Å². The van der Waals surface area contributed by atoms with E-state index in [9.17, 15) is 0 Å². The molecule has 2 aromatic rings. The first-order valence-corrected chi connectivity index (χ1v) is 11.0. The summed E-state index contributed by atoms with van der Waals surface area (Å²) < 4.78 is 5.40. The maximum atomic E-state index is 5.40. The van der Waals surface area contributed by atoms with Crippen LogP contribution in [0.3, 0.4) is 0 Å². The largest absolute Gasteiger partial charge is 0.379 e. The second kappa shape index (κ2) is 13.4. The highest BCUT2D eigenvalue weighted by molar-refractivity contribution is 5.99. The molecule has 0 amide bonds. The number of benzene rings is 2. The van der Waals surface area contributed by atoms with Crippen LogP contribution in [0.4, 0.5) is 0 Å². The van der Waals surface area contributed by atoms with E-state index in [4.69, 9.17) is 4.74 Å². The average Bonchev–Trinajstić information content (AvgIpc) is 2.81. The lowest BCUT2D eigenvalue weighted by atomic mass is 10.1. The van der Waals surface area contributed by atoms with E-state index in [1.54, 1.807) is 6.08 Å². The number of aliphatic imine (C=N–C) groups is 1. The normalized spacial score (nSPS) is 14.7. The molecule has 0 bridgehead atoms. The number of hydrogen-bond donors (Lipinski definition) is 0. The molecule has 3 nitrogen and oxygen atoms in total. The Morgan fingerprint density at radius 1 is 0.968 bits per heavy atom. The highest BCUT2D eigenvalue weighted by atomic mass is 16.5. The minimum absolute atomic E-state index is 0.832. The van der Waals surface area contributed by atoms with E-state index in [-0.39, 0.29) is 0 Å². The summed E-state index contributed by atoms with van der Waals surface area (Å²) in [5.41, 5.74) is 6.37. The molecule has 162 valence electrons. The third kappa shape index (κ3) is 8.38. The molecule has 0 spiro atoms. The molecule has 0 aromatic heterocycles. The lowest BCUT2D eigenvalue weighted by Gasteiger charge is -2.26. The van der Waals surface area contributed by atoms with Gasteiger partial charge in [0.25, 0.3) is 0 Å². The van der Waals surface area contributed by atoms with Crippen molar-refractivity contribution in [3.05, 3.63) is 95.2 Å². The summed E-state index contributed by atoms with van der Waals surface area (Å²) in [4.78, 5) is 6.99. The Morgan fingerprint density at radius 3 is 2.06 bits per heavy atom. The maximum Gasteiger partial charge on any atom is 0.0594 e. The van der Waals surface area contributed by atoms with Gasteiger partial charge in [-0.15, -0.1) is 0 Å². The molecule has 3 rings (SSSR count). The van der Waals surface area contributed by atoms with Gasteiger partial charge in [0.05, 0.1) is 13.2 Å². The van der Waals surface area contributed by atoms with Crippen LogP contribution in [-0.2, 0) is 11.3 Å². The Bertz CT molecular complexity index is 935. The molecule has 1 saturated heterocycles. The summed E-state index contributed by atoms with van der Waals surface area (Å²) in [5, 5.41) is 0. The van der Waals surface area contributed by atoms with Gasteiger partial charge >= 0.3 is 0 Å². The SMILES string of the molecule is C=C/C=C(\C)N=C(C)c1ccc(C#Cc2ccc(CN3CCOCC3)cc2)cc1.CC. The molecule has 1 heterocycles. The van der Waals surface area contributed by atoms with Crippen molar-refractivity contribution < 1.29 is 4.74 Å². The van der Waals surface area contributed by atoms with Crippen molar-refractivity contribution in [2.24, 2.45) is 4.99 Å². The fourth-order valence-electron chi connectivity index (χ4n) is 3.19. The zero-order valence-electron chi connectivity index (χ0n) is 19.3. The first-order chi connectivity index (χ1) is 15.1. The zero-order valence-corrected chi connectivity index (χ0v) is 19.3. The highest BCUT2D eigenvalue weighted by Gasteiger charge is 2.10. The molecule has 1 aliphatic rings. The van der Waals surface area contributed by atoms with Crippen LogP contribution in [0.5, 0.6) is 0 Å². The predicted molar refractivity (Wildman–Crippen MR) is 132 cm³/mol. The summed E-state index contributed by atoms with van der Waals surface area (Å²) in [6.45, 7) is 16.3. The van der Waals surface area contributed by atoms with Crippen LogP contribution in [0.2, 0.25) is 0 Å². The molecule has 3 heteroatoms. The van der Waals surface area contributed by atoms with Gasteiger partial charge < -0.3 is 4.74 Å². The molecule has 31 heavy (non-hydrogen) atoms. The van der Waals surface area contributed by atoms with E-state index in [1.807, 2.05) is 45.9 Å². The summed E-state index contributed by atoms with van der Waals surface area (Å²) >= 11 is 0. The molecular formula is C28H34N2O. The Labute approximate surface area is 188 Å². The molecule has 0 N–H and O–H groups in total. The van der Waals surface area contributed by atoms with Crippen LogP contribution in [0.25, 0.3) is 0 Å². The number of hydrogen-bond acceptors (Lipinski definition) is 3. The van der Waals surface area contributed by atoms with Crippen LogP contribution < -0.4 is 0 Å². The Hall–Kier alpha value is -2.93. The molecule has 0 atom stereocenters. The average molecular weight is 415 g/mol. The van der Waals surface area contributed by atoms with E-state index in [1.165, 1.54) is 5.56 Å². The van der Waals surface area contributed by atoms with Gasteiger partial charge in [0, 0.05) is 42.2 Å². The highest BCUT2D eigenvalue weighted by Crippen LogP contribution is 2.10. The number of allylic oxidation sites excluding steroid dienone is 3. The molecule has 0 saturated carbocycles. The summed E-state index contributed by atoms with van der Waals surface area (Å²) in [7, 11) is 0. The van der Waals surface area contributed by atoms with Gasteiger partial charge in [-0.2, -0.15) is 0 Å². The summed E-state index contributed by atoms with van der Waals surface area (Å²) in [6, 6.07) is 16.8. The first-order valence-electron chi connectivity index (χ1n) is 11.0. The van der Waals surface area contributed by atoms with Crippen LogP contribution in [-0.4, -0.2) is 36.9 Å². The second-order valence-electron chi connectivity index (χ2n) is 7.15. The molecule has 0 unspecified atom stereocenters. The number of nitrogens with zero attached hydrogens (tertiary/aromatic N) is 2. The van der Waals surface area contributed by atoms with E-state index in [0.29, 0.717) is 0 Å². The predicted octanol–water partition coefficient (Wildman–Crippen LogP) is 5.84.